The highest BCUT2D eigenvalue weighted by molar-refractivity contribution is 6.32. The highest BCUT2D eigenvalue weighted by atomic mass is 16.5. The van der Waals surface area contributed by atoms with Gasteiger partial charge in [-0.15, -0.1) is 5.06 Å². The van der Waals surface area contributed by atoms with Crippen LogP contribution < -0.4 is 5.06 Å². The van der Waals surface area contributed by atoms with Crippen LogP contribution in [0.4, 0.5) is 0 Å². The summed E-state index contributed by atoms with van der Waals surface area (Å²) in [5.74, 6) is 0. The number of aliphatic imine (C=N–C) groups is 1. The third-order valence-corrected chi connectivity index (χ3v) is 3.03. The number of nitrogens with zero attached hydrogens (tertiary/aromatic N) is 2. The van der Waals surface area contributed by atoms with Crippen LogP contribution in [0.5, 0.6) is 0 Å². The van der Waals surface area contributed by atoms with Gasteiger partial charge in [0, 0.05) is 5.56 Å². The van der Waals surface area contributed by atoms with E-state index in [1.165, 1.54) is 0 Å². The standard InChI is InChI=1S/C16H13N2O/c19-18-11-15(13-7-3-1-4-8-13)16(17-12-18)14-9-5-2-6-10-14/h1-11H,12H2. The van der Waals surface area contributed by atoms with E-state index in [0.717, 1.165) is 27.5 Å². The molecule has 0 fully saturated rings. The molecular formula is C16H13N2O. The normalized spacial score (nSPS) is 15.8. The Morgan fingerprint density at radius 2 is 1.42 bits per heavy atom. The zero-order valence-electron chi connectivity index (χ0n) is 10.4. The van der Waals surface area contributed by atoms with Gasteiger partial charge in [-0.05, 0) is 5.56 Å². The fourth-order valence-electron chi connectivity index (χ4n) is 2.14. The van der Waals surface area contributed by atoms with Gasteiger partial charge in [-0.25, -0.2) is 4.99 Å². The SMILES string of the molecule is [O-][N+]1C=C(c2ccccc2)C(c2ccccc2)=NC1. The molecule has 1 heterocycles. The lowest BCUT2D eigenvalue weighted by Crippen LogP contribution is -2.24. The molecule has 0 aliphatic carbocycles. The summed E-state index contributed by atoms with van der Waals surface area (Å²) in [4.78, 5) is 4.40. The second kappa shape index (κ2) is 5.18. The largest absolute Gasteiger partial charge is 0.575 e. The summed E-state index contributed by atoms with van der Waals surface area (Å²) in [6.07, 6.45) is 1.62. The molecule has 93 valence electrons. The van der Waals surface area contributed by atoms with E-state index in [1.807, 2.05) is 60.7 Å². The Morgan fingerprint density at radius 1 is 0.842 bits per heavy atom. The Hall–Kier alpha value is -2.23. The summed E-state index contributed by atoms with van der Waals surface area (Å²) in [5, 5.41) is 12.4. The minimum absolute atomic E-state index is 0.153. The van der Waals surface area contributed by atoms with E-state index >= 15 is 0 Å². The minimum Gasteiger partial charge on any atom is -0.575 e. The summed E-state index contributed by atoms with van der Waals surface area (Å²) in [6, 6.07) is 19.8. The highest BCUT2D eigenvalue weighted by Gasteiger charge is 2.20. The van der Waals surface area contributed by atoms with Gasteiger partial charge >= 0.3 is 0 Å². The first-order chi connectivity index (χ1) is 9.34. The van der Waals surface area contributed by atoms with Crippen LogP contribution in [0.3, 0.4) is 0 Å². The molecule has 0 atom stereocenters. The zero-order valence-corrected chi connectivity index (χ0v) is 10.4. The van der Waals surface area contributed by atoms with E-state index in [2.05, 4.69) is 4.99 Å². The number of hydroxylamine groups is 2. The van der Waals surface area contributed by atoms with Gasteiger partial charge in [0.25, 0.3) is 0 Å². The molecule has 19 heavy (non-hydrogen) atoms. The van der Waals surface area contributed by atoms with E-state index in [0.29, 0.717) is 0 Å². The minimum atomic E-state index is 0.153. The summed E-state index contributed by atoms with van der Waals surface area (Å²) in [7, 11) is 0. The third kappa shape index (κ3) is 2.47. The molecule has 3 rings (SSSR count). The fourth-order valence-corrected chi connectivity index (χ4v) is 2.14. The maximum absolute atomic E-state index is 11.6. The smallest absolute Gasteiger partial charge is 0.221 e. The molecule has 3 nitrogen and oxygen atoms in total. The Morgan fingerprint density at radius 3 is 2.05 bits per heavy atom. The quantitative estimate of drug-likeness (QED) is 0.595. The predicted octanol–water partition coefficient (Wildman–Crippen LogP) is 3.13. The average Bonchev–Trinajstić information content (AvgIpc) is 2.49. The average molecular weight is 249 g/mol. The van der Waals surface area contributed by atoms with Crippen LogP contribution in [-0.4, -0.2) is 12.4 Å². The number of hydrogen-bond donors (Lipinski definition) is 0. The van der Waals surface area contributed by atoms with E-state index in [-0.39, 0.29) is 6.67 Å². The van der Waals surface area contributed by atoms with Crippen LogP contribution in [0.15, 0.2) is 71.9 Å². The number of benzene rings is 2. The van der Waals surface area contributed by atoms with Crippen molar-refractivity contribution in [3.05, 3.63) is 83.2 Å². The van der Waals surface area contributed by atoms with Crippen molar-refractivity contribution in [1.82, 2.24) is 5.06 Å². The second-order valence-electron chi connectivity index (χ2n) is 4.34. The van der Waals surface area contributed by atoms with Gasteiger partial charge in [0.05, 0.1) is 11.3 Å². The van der Waals surface area contributed by atoms with Crippen molar-refractivity contribution in [2.75, 3.05) is 6.67 Å². The first-order valence-electron chi connectivity index (χ1n) is 6.16. The van der Waals surface area contributed by atoms with Crippen LogP contribution in [0.2, 0.25) is 0 Å². The molecule has 0 N–H and O–H groups in total. The fraction of sp³-hybridized carbons (Fsp3) is 0.0625. The Kier molecular flexibility index (Phi) is 3.23. The van der Waals surface area contributed by atoms with Gasteiger partial charge in [-0.2, -0.15) is 0 Å². The van der Waals surface area contributed by atoms with Gasteiger partial charge < -0.3 is 5.21 Å². The maximum atomic E-state index is 11.6. The van der Waals surface area contributed by atoms with Crippen molar-refractivity contribution in [1.29, 1.82) is 0 Å². The van der Waals surface area contributed by atoms with Crippen LogP contribution in [0.25, 0.3) is 5.57 Å². The highest BCUT2D eigenvalue weighted by Crippen LogP contribution is 2.23. The molecule has 0 saturated carbocycles. The van der Waals surface area contributed by atoms with Crippen LogP contribution >= 0.6 is 0 Å². The molecule has 3 heteroatoms. The number of hydrogen-bond acceptors (Lipinski definition) is 3. The molecule has 0 aromatic heterocycles. The van der Waals surface area contributed by atoms with Gasteiger partial charge in [-0.3, -0.25) is 0 Å². The Bertz CT molecular complexity index is 618. The van der Waals surface area contributed by atoms with Crippen LogP contribution in [0.1, 0.15) is 11.1 Å². The van der Waals surface area contributed by atoms with Crippen molar-refractivity contribution in [2.24, 2.45) is 4.99 Å². The van der Waals surface area contributed by atoms with E-state index in [1.54, 1.807) is 6.20 Å². The van der Waals surface area contributed by atoms with Crippen molar-refractivity contribution < 1.29 is 0 Å². The molecular weight excluding hydrogens is 236 g/mol. The molecule has 0 saturated heterocycles. The zero-order chi connectivity index (χ0) is 13.1. The van der Waals surface area contributed by atoms with Gasteiger partial charge in [0.2, 0.25) is 6.67 Å². The van der Waals surface area contributed by atoms with E-state index in [9.17, 15) is 5.21 Å². The number of rotatable bonds is 2. The molecule has 0 unspecified atom stereocenters. The lowest BCUT2D eigenvalue weighted by molar-refractivity contribution is 0.682. The monoisotopic (exact) mass is 249 g/mol. The van der Waals surface area contributed by atoms with Gasteiger partial charge in [0.1, 0.15) is 0 Å². The third-order valence-electron chi connectivity index (χ3n) is 3.03. The molecule has 1 radical (unpaired) electrons. The van der Waals surface area contributed by atoms with Gasteiger partial charge in [0.15, 0.2) is 6.20 Å². The molecule has 1 aliphatic rings. The number of allylic oxidation sites excluding steroid dienone is 1. The molecule has 2 aromatic rings. The van der Waals surface area contributed by atoms with Gasteiger partial charge in [-0.1, -0.05) is 60.7 Å². The Balaban J connectivity index is 2.07. The van der Waals surface area contributed by atoms with Crippen molar-refractivity contribution in [2.45, 2.75) is 0 Å². The molecule has 2 aromatic carbocycles. The first kappa shape index (κ1) is 11.8. The predicted molar refractivity (Wildman–Crippen MR) is 77.8 cm³/mol. The summed E-state index contributed by atoms with van der Waals surface area (Å²) < 4.78 is 0. The van der Waals surface area contributed by atoms with Crippen molar-refractivity contribution in [3.8, 4) is 0 Å². The maximum Gasteiger partial charge on any atom is 0.221 e. The van der Waals surface area contributed by atoms with E-state index < -0.39 is 0 Å². The second-order valence-corrected chi connectivity index (χ2v) is 4.34. The molecule has 0 spiro atoms. The van der Waals surface area contributed by atoms with Crippen molar-refractivity contribution >= 4 is 11.3 Å². The molecule has 1 aliphatic heterocycles. The van der Waals surface area contributed by atoms with Crippen molar-refractivity contribution in [3.63, 3.8) is 0 Å². The Labute approximate surface area is 112 Å². The lowest BCUT2D eigenvalue weighted by atomic mass is 9.96. The lowest BCUT2D eigenvalue weighted by Gasteiger charge is -2.18. The molecule has 0 amide bonds. The van der Waals surface area contributed by atoms with Crippen LogP contribution in [-0.2, 0) is 0 Å². The summed E-state index contributed by atoms with van der Waals surface area (Å²) >= 11 is 0. The topological polar surface area (TPSA) is 41.3 Å². The summed E-state index contributed by atoms with van der Waals surface area (Å²) in [6.45, 7) is 0.153. The van der Waals surface area contributed by atoms with E-state index in [4.69, 9.17) is 0 Å². The summed E-state index contributed by atoms with van der Waals surface area (Å²) in [5.41, 5.74) is 3.78. The first-order valence-corrected chi connectivity index (χ1v) is 6.16. The molecule has 0 bridgehead atoms. The van der Waals surface area contributed by atoms with Crippen LogP contribution in [0, 0.1) is 5.21 Å².